The van der Waals surface area contributed by atoms with Gasteiger partial charge in [0.15, 0.2) is 0 Å². The second-order valence-corrected chi connectivity index (χ2v) is 6.81. The molecule has 1 atom stereocenters. The highest BCUT2D eigenvalue weighted by molar-refractivity contribution is 5.95. The SMILES string of the molecule is CC/C=C\C(=C/CC(=N)N(C=N)C(C)CO)NC(=O)c1cc(-c2cccnc2)ccn1. The highest BCUT2D eigenvalue weighted by Crippen LogP contribution is 2.18. The fourth-order valence-corrected chi connectivity index (χ4v) is 2.74. The number of carbonyl (C=O) groups excluding carboxylic acids is 1. The summed E-state index contributed by atoms with van der Waals surface area (Å²) in [6.45, 7) is 3.54. The lowest BCUT2D eigenvalue weighted by molar-refractivity contribution is 0.0962. The number of aromatic nitrogens is 2. The van der Waals surface area contributed by atoms with Crippen molar-refractivity contribution >= 4 is 18.1 Å². The van der Waals surface area contributed by atoms with E-state index in [4.69, 9.17) is 10.8 Å². The van der Waals surface area contributed by atoms with Crippen molar-refractivity contribution in [3.63, 3.8) is 0 Å². The Morgan fingerprint density at radius 1 is 1.32 bits per heavy atom. The number of hydrogen-bond donors (Lipinski definition) is 4. The third kappa shape index (κ3) is 6.97. The summed E-state index contributed by atoms with van der Waals surface area (Å²) in [5.41, 5.74) is 2.53. The molecule has 0 saturated carbocycles. The van der Waals surface area contributed by atoms with E-state index in [2.05, 4.69) is 15.3 Å². The van der Waals surface area contributed by atoms with E-state index in [0.717, 1.165) is 23.9 Å². The van der Waals surface area contributed by atoms with E-state index < -0.39 is 0 Å². The summed E-state index contributed by atoms with van der Waals surface area (Å²) in [4.78, 5) is 22.4. The summed E-state index contributed by atoms with van der Waals surface area (Å²) in [7, 11) is 0. The number of nitrogens with zero attached hydrogens (tertiary/aromatic N) is 3. The number of aliphatic hydroxyl groups excluding tert-OH is 1. The molecule has 0 saturated heterocycles. The standard InChI is InChI=1S/C23H28N6O2/c1-3-4-7-20(8-9-22(25)29(16-24)17(2)15-30)28-23(31)21-13-18(10-12-27-21)19-6-5-11-26-14-19/h4-8,10-14,16-17,24-25,30H,3,9,15H2,1-2H3,(H,28,31)/b7-4-,20-8+,24-16?,25-22?. The molecule has 31 heavy (non-hydrogen) atoms. The Hall–Kier alpha value is -3.65. The topological polar surface area (TPSA) is 126 Å². The minimum atomic E-state index is -0.373. The van der Waals surface area contributed by atoms with Crippen molar-refractivity contribution in [2.24, 2.45) is 0 Å². The van der Waals surface area contributed by atoms with E-state index >= 15 is 0 Å². The van der Waals surface area contributed by atoms with Gasteiger partial charge in [0.2, 0.25) is 0 Å². The first-order chi connectivity index (χ1) is 15.0. The Kier molecular flexibility index (Phi) is 9.25. The average Bonchev–Trinajstić information content (AvgIpc) is 2.81. The maximum atomic E-state index is 12.8. The molecule has 1 amide bonds. The number of rotatable bonds is 10. The van der Waals surface area contributed by atoms with Gasteiger partial charge in [-0.3, -0.25) is 25.6 Å². The van der Waals surface area contributed by atoms with Crippen LogP contribution in [0.2, 0.25) is 0 Å². The van der Waals surface area contributed by atoms with Crippen molar-refractivity contribution in [2.75, 3.05) is 6.61 Å². The van der Waals surface area contributed by atoms with Gasteiger partial charge in [0.05, 0.1) is 19.0 Å². The van der Waals surface area contributed by atoms with Crippen molar-refractivity contribution in [3.8, 4) is 11.1 Å². The number of hydrogen-bond acceptors (Lipinski definition) is 6. The van der Waals surface area contributed by atoms with E-state index in [0.29, 0.717) is 5.70 Å². The van der Waals surface area contributed by atoms with Crippen LogP contribution in [0.4, 0.5) is 0 Å². The molecule has 0 radical (unpaired) electrons. The summed E-state index contributed by atoms with van der Waals surface area (Å²) in [5.74, 6) is -0.221. The van der Waals surface area contributed by atoms with Gasteiger partial charge in [-0.05, 0) is 43.2 Å². The molecule has 0 bridgehead atoms. The van der Waals surface area contributed by atoms with E-state index in [1.165, 1.54) is 4.90 Å². The number of pyridine rings is 2. The maximum absolute atomic E-state index is 12.8. The van der Waals surface area contributed by atoms with Gasteiger partial charge < -0.3 is 15.3 Å². The van der Waals surface area contributed by atoms with Crippen LogP contribution in [0.5, 0.6) is 0 Å². The van der Waals surface area contributed by atoms with Crippen LogP contribution in [-0.2, 0) is 0 Å². The van der Waals surface area contributed by atoms with Crippen molar-refractivity contribution in [3.05, 3.63) is 72.5 Å². The molecule has 1 unspecified atom stereocenters. The van der Waals surface area contributed by atoms with Crippen molar-refractivity contribution in [1.82, 2.24) is 20.2 Å². The molecule has 2 rings (SSSR count). The summed E-state index contributed by atoms with van der Waals surface area (Å²) in [6.07, 6.45) is 12.4. The van der Waals surface area contributed by atoms with Crippen LogP contribution in [0.15, 0.2) is 66.8 Å². The van der Waals surface area contributed by atoms with Crippen LogP contribution >= 0.6 is 0 Å². The summed E-state index contributed by atoms with van der Waals surface area (Å²) in [6, 6.07) is 6.89. The lowest BCUT2D eigenvalue weighted by atomic mass is 10.1. The Bertz CT molecular complexity index is 956. The maximum Gasteiger partial charge on any atom is 0.274 e. The van der Waals surface area contributed by atoms with Crippen molar-refractivity contribution in [1.29, 1.82) is 10.8 Å². The fraction of sp³-hybridized carbons (Fsp3) is 0.261. The number of carbonyl (C=O) groups is 1. The van der Waals surface area contributed by atoms with Gasteiger partial charge in [-0.15, -0.1) is 0 Å². The van der Waals surface area contributed by atoms with Crippen LogP contribution in [0, 0.1) is 10.8 Å². The van der Waals surface area contributed by atoms with Gasteiger partial charge in [0.1, 0.15) is 11.5 Å². The largest absolute Gasteiger partial charge is 0.394 e. The van der Waals surface area contributed by atoms with Crippen LogP contribution in [-0.4, -0.2) is 50.7 Å². The fourth-order valence-electron chi connectivity index (χ4n) is 2.74. The molecule has 2 aromatic rings. The Labute approximate surface area is 182 Å². The quantitative estimate of drug-likeness (QED) is 0.266. The van der Waals surface area contributed by atoms with E-state index in [1.54, 1.807) is 43.7 Å². The van der Waals surface area contributed by atoms with E-state index in [1.807, 2.05) is 31.2 Å². The van der Waals surface area contributed by atoms with Crippen molar-refractivity contribution < 1.29 is 9.90 Å². The molecule has 162 valence electrons. The van der Waals surface area contributed by atoms with Gasteiger partial charge in [-0.1, -0.05) is 25.1 Å². The summed E-state index contributed by atoms with van der Waals surface area (Å²) in [5, 5.41) is 27.8. The van der Waals surface area contributed by atoms with E-state index in [-0.39, 0.29) is 36.5 Å². The molecule has 0 fully saturated rings. The van der Waals surface area contributed by atoms with Crippen LogP contribution in [0.1, 0.15) is 37.2 Å². The van der Waals surface area contributed by atoms with Gasteiger partial charge in [0.25, 0.3) is 5.91 Å². The van der Waals surface area contributed by atoms with E-state index in [9.17, 15) is 9.90 Å². The van der Waals surface area contributed by atoms with Crippen LogP contribution < -0.4 is 5.32 Å². The average molecular weight is 421 g/mol. The predicted octanol–water partition coefficient (Wildman–Crippen LogP) is 3.38. The first-order valence-electron chi connectivity index (χ1n) is 10.0. The molecule has 0 aliphatic rings. The molecular formula is C23H28N6O2. The predicted molar refractivity (Wildman–Crippen MR) is 122 cm³/mol. The van der Waals surface area contributed by atoms with Crippen molar-refractivity contribution in [2.45, 2.75) is 32.7 Å². The molecular weight excluding hydrogens is 392 g/mol. The van der Waals surface area contributed by atoms with Gasteiger partial charge >= 0.3 is 0 Å². The monoisotopic (exact) mass is 420 g/mol. The highest BCUT2D eigenvalue weighted by Gasteiger charge is 2.14. The second kappa shape index (κ2) is 12.1. The molecule has 0 spiro atoms. The molecule has 0 aliphatic carbocycles. The third-order valence-corrected chi connectivity index (χ3v) is 4.48. The summed E-state index contributed by atoms with van der Waals surface area (Å²) < 4.78 is 0. The zero-order valence-corrected chi connectivity index (χ0v) is 17.7. The smallest absolute Gasteiger partial charge is 0.274 e. The zero-order chi connectivity index (χ0) is 22.6. The second-order valence-electron chi connectivity index (χ2n) is 6.81. The molecule has 2 heterocycles. The molecule has 0 aromatic carbocycles. The third-order valence-electron chi connectivity index (χ3n) is 4.48. The minimum Gasteiger partial charge on any atom is -0.394 e. The number of allylic oxidation sites excluding steroid dienone is 2. The molecule has 4 N–H and O–H groups in total. The first-order valence-corrected chi connectivity index (χ1v) is 10.0. The lowest BCUT2D eigenvalue weighted by Gasteiger charge is -2.24. The molecule has 0 aliphatic heterocycles. The Balaban J connectivity index is 2.18. The zero-order valence-electron chi connectivity index (χ0n) is 17.7. The molecule has 8 nitrogen and oxygen atoms in total. The number of amidine groups is 1. The normalized spacial score (nSPS) is 12.4. The first kappa shape index (κ1) is 23.6. The Morgan fingerprint density at radius 3 is 2.77 bits per heavy atom. The van der Waals surface area contributed by atoms with Crippen LogP contribution in [0.25, 0.3) is 11.1 Å². The molecule has 2 aromatic heterocycles. The molecule has 8 heteroatoms. The lowest BCUT2D eigenvalue weighted by Crippen LogP contribution is -2.38. The highest BCUT2D eigenvalue weighted by atomic mass is 16.3. The number of amides is 1. The van der Waals surface area contributed by atoms with Gasteiger partial charge in [-0.25, -0.2) is 0 Å². The van der Waals surface area contributed by atoms with Gasteiger partial charge in [-0.2, -0.15) is 0 Å². The number of nitrogens with one attached hydrogen (secondary N) is 3. The minimum absolute atomic E-state index is 0.143. The summed E-state index contributed by atoms with van der Waals surface area (Å²) >= 11 is 0. The Morgan fingerprint density at radius 2 is 2.13 bits per heavy atom. The van der Waals surface area contributed by atoms with Gasteiger partial charge in [0, 0.05) is 36.3 Å². The number of aliphatic hydroxyl groups is 1. The van der Waals surface area contributed by atoms with Crippen LogP contribution in [0.3, 0.4) is 0 Å².